The van der Waals surface area contributed by atoms with E-state index in [-0.39, 0.29) is 5.91 Å². The first kappa shape index (κ1) is 12.1. The number of amides is 1. The van der Waals surface area contributed by atoms with Gasteiger partial charge in [0.25, 0.3) is 5.91 Å². The number of ether oxygens (including phenoxy) is 1. The average Bonchev–Trinajstić information content (AvgIpc) is 2.71. The van der Waals surface area contributed by atoms with Gasteiger partial charge in [-0.3, -0.25) is 4.79 Å². The van der Waals surface area contributed by atoms with Gasteiger partial charge in [0.15, 0.2) is 5.13 Å². The molecular formula is C10H16N4O2S. The molecule has 1 aliphatic heterocycles. The van der Waals surface area contributed by atoms with Crippen molar-refractivity contribution in [3.8, 4) is 0 Å². The molecule has 2 rings (SSSR count). The highest BCUT2D eigenvalue weighted by Gasteiger charge is 2.23. The molecule has 7 heteroatoms. The number of aromatic nitrogens is 1. The first-order chi connectivity index (χ1) is 8.22. The fraction of sp³-hybridized carbons (Fsp3) is 0.600. The van der Waals surface area contributed by atoms with E-state index >= 15 is 0 Å². The van der Waals surface area contributed by atoms with Crippen LogP contribution in [0, 0.1) is 0 Å². The summed E-state index contributed by atoms with van der Waals surface area (Å²) in [6.07, 6.45) is 0. The maximum absolute atomic E-state index is 12.2. The molecule has 0 saturated carbocycles. The van der Waals surface area contributed by atoms with Crippen molar-refractivity contribution in [2.75, 3.05) is 43.9 Å². The van der Waals surface area contributed by atoms with Crippen LogP contribution in [0.2, 0.25) is 0 Å². The van der Waals surface area contributed by atoms with Gasteiger partial charge in [0.05, 0.1) is 13.2 Å². The molecule has 0 radical (unpaired) electrons. The monoisotopic (exact) mass is 256 g/mol. The summed E-state index contributed by atoms with van der Waals surface area (Å²) in [5.41, 5.74) is 5.76. The van der Waals surface area contributed by atoms with Crippen molar-refractivity contribution in [2.24, 2.45) is 0 Å². The molecule has 6 nitrogen and oxygen atoms in total. The lowest BCUT2D eigenvalue weighted by Crippen LogP contribution is -2.40. The maximum atomic E-state index is 12.2. The fourth-order valence-electron chi connectivity index (χ4n) is 1.62. The van der Waals surface area contributed by atoms with Gasteiger partial charge >= 0.3 is 0 Å². The summed E-state index contributed by atoms with van der Waals surface area (Å²) in [5, 5.41) is 3.75. The van der Waals surface area contributed by atoms with Gasteiger partial charge in [-0.05, 0) is 6.92 Å². The zero-order valence-corrected chi connectivity index (χ0v) is 10.5. The molecule has 1 aliphatic rings. The van der Waals surface area contributed by atoms with E-state index in [9.17, 15) is 4.79 Å². The van der Waals surface area contributed by atoms with Gasteiger partial charge in [-0.1, -0.05) is 11.3 Å². The summed E-state index contributed by atoms with van der Waals surface area (Å²) < 4.78 is 5.21. The summed E-state index contributed by atoms with van der Waals surface area (Å²) in [6.45, 7) is 5.15. The Morgan fingerprint density at radius 2 is 2.29 bits per heavy atom. The second-order valence-electron chi connectivity index (χ2n) is 3.67. The number of nitrogens with zero attached hydrogens (tertiary/aromatic N) is 2. The van der Waals surface area contributed by atoms with Crippen molar-refractivity contribution in [2.45, 2.75) is 6.92 Å². The highest BCUT2D eigenvalue weighted by atomic mass is 32.1. The number of nitrogens with two attached hydrogens (primary N) is 1. The summed E-state index contributed by atoms with van der Waals surface area (Å²) in [4.78, 5) is 18.6. The fourth-order valence-corrected chi connectivity index (χ4v) is 2.54. The molecule has 0 unspecified atom stereocenters. The van der Waals surface area contributed by atoms with Crippen molar-refractivity contribution in [3.63, 3.8) is 0 Å². The minimum Gasteiger partial charge on any atom is -0.382 e. The predicted octanol–water partition coefficient (Wildman–Crippen LogP) is 0.629. The zero-order valence-electron chi connectivity index (χ0n) is 9.73. The van der Waals surface area contributed by atoms with Crippen LogP contribution in [0.15, 0.2) is 0 Å². The Hall–Kier alpha value is -1.34. The van der Waals surface area contributed by atoms with Crippen molar-refractivity contribution in [3.05, 3.63) is 4.88 Å². The Kier molecular flexibility index (Phi) is 3.80. The third-order valence-electron chi connectivity index (χ3n) is 2.47. The number of nitrogens with one attached hydrogen (secondary N) is 1. The van der Waals surface area contributed by atoms with Crippen molar-refractivity contribution < 1.29 is 9.53 Å². The van der Waals surface area contributed by atoms with Crippen LogP contribution in [0.25, 0.3) is 0 Å². The van der Waals surface area contributed by atoms with Crippen LogP contribution in [0.1, 0.15) is 16.6 Å². The third kappa shape index (κ3) is 2.67. The van der Waals surface area contributed by atoms with E-state index in [4.69, 9.17) is 10.5 Å². The number of hydrogen-bond acceptors (Lipinski definition) is 6. The van der Waals surface area contributed by atoms with Crippen LogP contribution in [0.3, 0.4) is 0 Å². The highest BCUT2D eigenvalue weighted by molar-refractivity contribution is 7.18. The molecule has 1 fully saturated rings. The molecule has 3 N–H and O–H groups in total. The van der Waals surface area contributed by atoms with Crippen molar-refractivity contribution >= 4 is 28.2 Å². The number of carbonyl (C=O) groups is 1. The molecule has 0 aromatic carbocycles. The topological polar surface area (TPSA) is 80.5 Å². The van der Waals surface area contributed by atoms with Gasteiger partial charge in [-0.15, -0.1) is 0 Å². The minimum absolute atomic E-state index is 0.0487. The smallest absolute Gasteiger partial charge is 0.268 e. The van der Waals surface area contributed by atoms with E-state index in [2.05, 4.69) is 10.3 Å². The molecule has 1 aromatic heterocycles. The minimum atomic E-state index is -0.0487. The van der Waals surface area contributed by atoms with E-state index in [1.807, 2.05) is 6.92 Å². The molecule has 0 bridgehead atoms. The van der Waals surface area contributed by atoms with Gasteiger partial charge in [-0.25, -0.2) is 4.98 Å². The van der Waals surface area contributed by atoms with E-state index in [1.165, 1.54) is 11.3 Å². The van der Waals surface area contributed by atoms with Gasteiger partial charge in [0.1, 0.15) is 10.7 Å². The quantitative estimate of drug-likeness (QED) is 0.829. The normalized spacial score (nSPS) is 15.9. The molecule has 1 aromatic rings. The number of hydrogen-bond donors (Lipinski definition) is 2. The maximum Gasteiger partial charge on any atom is 0.268 e. The van der Waals surface area contributed by atoms with Crippen LogP contribution in [-0.2, 0) is 4.74 Å². The lowest BCUT2D eigenvalue weighted by molar-refractivity contribution is 0.0306. The Morgan fingerprint density at radius 3 is 2.94 bits per heavy atom. The van der Waals surface area contributed by atoms with Gasteiger partial charge in [0.2, 0.25) is 0 Å². The number of nitrogen functional groups attached to an aromatic ring is 1. The molecule has 0 spiro atoms. The van der Waals surface area contributed by atoms with Crippen LogP contribution < -0.4 is 11.1 Å². The van der Waals surface area contributed by atoms with Crippen LogP contribution in [-0.4, -0.2) is 48.6 Å². The number of anilines is 2. The van der Waals surface area contributed by atoms with E-state index < -0.39 is 0 Å². The van der Waals surface area contributed by atoms with Gasteiger partial charge in [0, 0.05) is 19.6 Å². The molecule has 1 saturated heterocycles. The lowest BCUT2D eigenvalue weighted by atomic mass is 10.3. The Bertz CT molecular complexity index is 401. The molecule has 1 amide bonds. The largest absolute Gasteiger partial charge is 0.382 e. The molecule has 2 heterocycles. The number of thiazole rings is 1. The van der Waals surface area contributed by atoms with Crippen LogP contribution in [0.5, 0.6) is 0 Å². The highest BCUT2D eigenvalue weighted by Crippen LogP contribution is 2.26. The summed E-state index contributed by atoms with van der Waals surface area (Å²) in [6, 6.07) is 0. The van der Waals surface area contributed by atoms with Crippen molar-refractivity contribution in [1.29, 1.82) is 0 Å². The second kappa shape index (κ2) is 5.33. The summed E-state index contributed by atoms with van der Waals surface area (Å²) in [7, 11) is 0. The van der Waals surface area contributed by atoms with Gasteiger partial charge in [-0.2, -0.15) is 0 Å². The molecule has 94 valence electrons. The SMILES string of the molecule is CCNc1nc(N)c(C(=O)N2CCOCC2)s1. The van der Waals surface area contributed by atoms with Crippen LogP contribution >= 0.6 is 11.3 Å². The lowest BCUT2D eigenvalue weighted by Gasteiger charge is -2.26. The molecule has 17 heavy (non-hydrogen) atoms. The number of carbonyl (C=O) groups excluding carboxylic acids is 1. The summed E-state index contributed by atoms with van der Waals surface area (Å²) in [5.74, 6) is 0.259. The van der Waals surface area contributed by atoms with E-state index in [1.54, 1.807) is 4.90 Å². The number of morpholine rings is 1. The Morgan fingerprint density at radius 1 is 1.59 bits per heavy atom. The van der Waals surface area contributed by atoms with Crippen molar-refractivity contribution in [1.82, 2.24) is 9.88 Å². The molecule has 0 atom stereocenters. The van der Waals surface area contributed by atoms with Crippen LogP contribution in [0.4, 0.5) is 10.9 Å². The molecule has 0 aliphatic carbocycles. The van der Waals surface area contributed by atoms with E-state index in [0.29, 0.717) is 42.1 Å². The standard InChI is InChI=1S/C10H16N4O2S/c1-2-12-10-13-8(11)7(17-10)9(15)14-3-5-16-6-4-14/h2-6,11H2,1H3,(H,12,13). The first-order valence-corrected chi connectivity index (χ1v) is 6.41. The zero-order chi connectivity index (χ0) is 12.3. The Balaban J connectivity index is 2.12. The van der Waals surface area contributed by atoms with Gasteiger partial charge < -0.3 is 20.7 Å². The number of rotatable bonds is 3. The Labute approximate surface area is 104 Å². The predicted molar refractivity (Wildman–Crippen MR) is 67.4 cm³/mol. The first-order valence-electron chi connectivity index (χ1n) is 5.59. The van der Waals surface area contributed by atoms with E-state index in [0.717, 1.165) is 6.54 Å². The summed E-state index contributed by atoms with van der Waals surface area (Å²) >= 11 is 1.31. The molecular weight excluding hydrogens is 240 g/mol. The average molecular weight is 256 g/mol. The second-order valence-corrected chi connectivity index (χ2v) is 4.67. The third-order valence-corrected chi connectivity index (χ3v) is 3.49.